The summed E-state index contributed by atoms with van der Waals surface area (Å²) in [6.45, 7) is 2.99. The van der Waals surface area contributed by atoms with Gasteiger partial charge in [0.2, 0.25) is 0 Å². The van der Waals surface area contributed by atoms with E-state index in [0.717, 1.165) is 19.6 Å². The SMILES string of the molecule is CN1CCC(CNc2ncc(Br)cc2F)C1. The molecule has 0 radical (unpaired) electrons. The second-order valence-corrected chi connectivity index (χ2v) is 5.20. The predicted octanol–water partition coefficient (Wildman–Crippen LogP) is 2.35. The smallest absolute Gasteiger partial charge is 0.166 e. The van der Waals surface area contributed by atoms with E-state index in [0.29, 0.717) is 16.2 Å². The monoisotopic (exact) mass is 287 g/mol. The highest BCUT2D eigenvalue weighted by molar-refractivity contribution is 9.10. The van der Waals surface area contributed by atoms with Crippen molar-refractivity contribution >= 4 is 21.7 Å². The molecule has 1 aliphatic heterocycles. The standard InChI is InChI=1S/C11H15BrFN3/c1-16-3-2-8(7-16)5-14-11-10(13)4-9(12)6-15-11/h4,6,8H,2-3,5,7H2,1H3,(H,14,15). The molecule has 0 spiro atoms. The van der Waals surface area contributed by atoms with Crippen LogP contribution < -0.4 is 5.32 Å². The zero-order valence-electron chi connectivity index (χ0n) is 9.21. The van der Waals surface area contributed by atoms with Crippen molar-refractivity contribution in [1.29, 1.82) is 0 Å². The molecular weight excluding hydrogens is 273 g/mol. The normalized spacial score (nSPS) is 21.3. The van der Waals surface area contributed by atoms with E-state index in [-0.39, 0.29) is 5.82 Å². The Labute approximate surface area is 103 Å². The maximum Gasteiger partial charge on any atom is 0.166 e. The zero-order chi connectivity index (χ0) is 11.5. The van der Waals surface area contributed by atoms with Crippen LogP contribution in [0.4, 0.5) is 10.2 Å². The quantitative estimate of drug-likeness (QED) is 0.925. The second-order valence-electron chi connectivity index (χ2n) is 4.28. The Bertz CT molecular complexity index is 372. The number of nitrogens with one attached hydrogen (secondary N) is 1. The Hall–Kier alpha value is -0.680. The van der Waals surface area contributed by atoms with Crippen LogP contribution in [-0.2, 0) is 0 Å². The van der Waals surface area contributed by atoms with E-state index in [2.05, 4.69) is 38.2 Å². The third kappa shape index (κ3) is 2.92. The van der Waals surface area contributed by atoms with Gasteiger partial charge < -0.3 is 10.2 Å². The largest absolute Gasteiger partial charge is 0.367 e. The van der Waals surface area contributed by atoms with Crippen molar-refractivity contribution in [2.24, 2.45) is 5.92 Å². The van der Waals surface area contributed by atoms with E-state index >= 15 is 0 Å². The summed E-state index contributed by atoms with van der Waals surface area (Å²) in [5.74, 6) is 0.633. The number of hydrogen-bond donors (Lipinski definition) is 1. The zero-order valence-corrected chi connectivity index (χ0v) is 10.8. The summed E-state index contributed by atoms with van der Waals surface area (Å²) in [6, 6.07) is 1.43. The van der Waals surface area contributed by atoms with Gasteiger partial charge in [-0.2, -0.15) is 0 Å². The number of anilines is 1. The average molecular weight is 288 g/mol. The molecule has 1 saturated heterocycles. The van der Waals surface area contributed by atoms with Gasteiger partial charge in [-0.1, -0.05) is 0 Å². The molecule has 1 aliphatic rings. The molecule has 1 aromatic rings. The van der Waals surface area contributed by atoms with Gasteiger partial charge in [-0.3, -0.25) is 0 Å². The minimum absolute atomic E-state index is 0.305. The van der Waals surface area contributed by atoms with Crippen LogP contribution >= 0.6 is 15.9 Å². The highest BCUT2D eigenvalue weighted by atomic mass is 79.9. The maximum absolute atomic E-state index is 13.4. The number of likely N-dealkylation sites (tertiary alicyclic amines) is 1. The lowest BCUT2D eigenvalue weighted by molar-refractivity contribution is 0.399. The molecule has 0 saturated carbocycles. The number of rotatable bonds is 3. The summed E-state index contributed by atoms with van der Waals surface area (Å²) in [7, 11) is 2.11. The van der Waals surface area contributed by atoms with Crippen LogP contribution in [0.1, 0.15) is 6.42 Å². The fraction of sp³-hybridized carbons (Fsp3) is 0.545. The fourth-order valence-corrected chi connectivity index (χ4v) is 2.28. The van der Waals surface area contributed by atoms with Gasteiger partial charge in [0, 0.05) is 23.8 Å². The molecule has 2 heterocycles. The molecule has 1 N–H and O–H groups in total. The van der Waals surface area contributed by atoms with Crippen molar-refractivity contribution in [3.63, 3.8) is 0 Å². The lowest BCUT2D eigenvalue weighted by atomic mass is 10.1. The van der Waals surface area contributed by atoms with Crippen molar-refractivity contribution in [3.8, 4) is 0 Å². The van der Waals surface area contributed by atoms with Gasteiger partial charge in [0.05, 0.1) is 0 Å². The first-order valence-corrected chi connectivity index (χ1v) is 6.18. The molecule has 0 amide bonds. The van der Waals surface area contributed by atoms with E-state index in [4.69, 9.17) is 0 Å². The Morgan fingerprint density at radius 3 is 3.12 bits per heavy atom. The molecule has 1 unspecified atom stereocenters. The minimum atomic E-state index is -0.305. The van der Waals surface area contributed by atoms with Gasteiger partial charge in [0.25, 0.3) is 0 Å². The van der Waals surface area contributed by atoms with Crippen molar-refractivity contribution in [2.45, 2.75) is 6.42 Å². The third-order valence-electron chi connectivity index (χ3n) is 2.85. The van der Waals surface area contributed by atoms with Crippen LogP contribution in [0.25, 0.3) is 0 Å². The van der Waals surface area contributed by atoms with Crippen LogP contribution in [-0.4, -0.2) is 36.6 Å². The summed E-state index contributed by atoms with van der Waals surface area (Å²) in [6.07, 6.45) is 2.77. The fourth-order valence-electron chi connectivity index (χ4n) is 1.98. The van der Waals surface area contributed by atoms with E-state index in [1.54, 1.807) is 6.20 Å². The van der Waals surface area contributed by atoms with Gasteiger partial charge in [0.15, 0.2) is 11.6 Å². The molecular formula is C11H15BrFN3. The maximum atomic E-state index is 13.4. The summed E-state index contributed by atoms with van der Waals surface area (Å²) in [4.78, 5) is 6.30. The Morgan fingerprint density at radius 2 is 2.50 bits per heavy atom. The number of halogens is 2. The molecule has 88 valence electrons. The molecule has 1 aromatic heterocycles. The van der Waals surface area contributed by atoms with E-state index in [1.807, 2.05) is 0 Å². The lowest BCUT2D eigenvalue weighted by Gasteiger charge is -2.12. The highest BCUT2D eigenvalue weighted by Gasteiger charge is 2.19. The number of pyridine rings is 1. The summed E-state index contributed by atoms with van der Waals surface area (Å²) in [5.41, 5.74) is 0. The number of nitrogens with zero attached hydrogens (tertiary/aromatic N) is 2. The van der Waals surface area contributed by atoms with Crippen molar-refractivity contribution in [1.82, 2.24) is 9.88 Å². The van der Waals surface area contributed by atoms with Crippen molar-refractivity contribution in [2.75, 3.05) is 32.0 Å². The van der Waals surface area contributed by atoms with Crippen LogP contribution in [0.15, 0.2) is 16.7 Å². The van der Waals surface area contributed by atoms with E-state index in [1.165, 1.54) is 12.5 Å². The minimum Gasteiger partial charge on any atom is -0.367 e. The predicted molar refractivity (Wildman–Crippen MR) is 66.0 cm³/mol. The van der Waals surface area contributed by atoms with Gasteiger partial charge in [-0.25, -0.2) is 9.37 Å². The first-order chi connectivity index (χ1) is 7.65. The van der Waals surface area contributed by atoms with Gasteiger partial charge in [-0.15, -0.1) is 0 Å². The third-order valence-corrected chi connectivity index (χ3v) is 3.29. The molecule has 5 heteroatoms. The van der Waals surface area contributed by atoms with E-state index < -0.39 is 0 Å². The topological polar surface area (TPSA) is 28.2 Å². The molecule has 3 nitrogen and oxygen atoms in total. The summed E-state index contributed by atoms with van der Waals surface area (Å²) in [5, 5.41) is 3.07. The van der Waals surface area contributed by atoms with Gasteiger partial charge in [-0.05, 0) is 47.9 Å². The van der Waals surface area contributed by atoms with Crippen LogP contribution in [0, 0.1) is 11.7 Å². The summed E-state index contributed by atoms with van der Waals surface area (Å²) < 4.78 is 14.1. The van der Waals surface area contributed by atoms with Crippen molar-refractivity contribution < 1.29 is 4.39 Å². The van der Waals surface area contributed by atoms with Crippen molar-refractivity contribution in [3.05, 3.63) is 22.6 Å². The molecule has 0 bridgehead atoms. The van der Waals surface area contributed by atoms with Crippen LogP contribution in [0.5, 0.6) is 0 Å². The molecule has 16 heavy (non-hydrogen) atoms. The van der Waals surface area contributed by atoms with Gasteiger partial charge >= 0.3 is 0 Å². The molecule has 0 aromatic carbocycles. The molecule has 2 rings (SSSR count). The summed E-state index contributed by atoms with van der Waals surface area (Å²) >= 11 is 3.18. The first-order valence-electron chi connectivity index (χ1n) is 5.38. The Balaban J connectivity index is 1.89. The van der Waals surface area contributed by atoms with Crippen LogP contribution in [0.2, 0.25) is 0 Å². The molecule has 1 fully saturated rings. The lowest BCUT2D eigenvalue weighted by Crippen LogP contribution is -2.19. The number of aromatic nitrogens is 1. The first kappa shape index (κ1) is 11.8. The van der Waals surface area contributed by atoms with E-state index in [9.17, 15) is 4.39 Å². The second kappa shape index (κ2) is 5.10. The van der Waals surface area contributed by atoms with Crippen LogP contribution in [0.3, 0.4) is 0 Å². The number of hydrogen-bond acceptors (Lipinski definition) is 3. The molecule has 1 atom stereocenters. The van der Waals surface area contributed by atoms with Gasteiger partial charge in [0.1, 0.15) is 0 Å². The average Bonchev–Trinajstić information content (AvgIpc) is 2.63. The molecule has 0 aliphatic carbocycles. The Morgan fingerprint density at radius 1 is 1.69 bits per heavy atom. The Kier molecular flexibility index (Phi) is 3.76. The highest BCUT2D eigenvalue weighted by Crippen LogP contribution is 2.18.